The first kappa shape index (κ1) is 21.5. The summed E-state index contributed by atoms with van der Waals surface area (Å²) in [5.74, 6) is 0. The molecule has 0 aliphatic carbocycles. The Morgan fingerprint density at radius 1 is 0.783 bits per heavy atom. The molecule has 0 saturated carbocycles. The first-order valence-corrected chi connectivity index (χ1v) is 17.9. The molecule has 0 amide bonds. The fourth-order valence-corrected chi connectivity index (χ4v) is 18.0. The predicted octanol–water partition coefficient (Wildman–Crippen LogP) is 5.18. The SMILES string of the molecule is CCC[CH2][Sn]([CH]=CCN1CCN(C)CC1)([CH2]CCC)[CH2]CCC. The molecular formula is C20H42N2Sn. The van der Waals surface area contributed by atoms with Gasteiger partial charge >= 0.3 is 151 Å². The minimum absolute atomic E-state index is 1.21. The van der Waals surface area contributed by atoms with Gasteiger partial charge < -0.3 is 0 Å². The Labute approximate surface area is 150 Å². The van der Waals surface area contributed by atoms with Gasteiger partial charge in [0.15, 0.2) is 0 Å². The minimum atomic E-state index is -2.02. The second kappa shape index (κ2) is 12.8. The van der Waals surface area contributed by atoms with Gasteiger partial charge in [0.25, 0.3) is 0 Å². The molecule has 0 aromatic carbocycles. The molecule has 23 heavy (non-hydrogen) atoms. The fraction of sp³-hybridized carbons (Fsp3) is 0.900. The van der Waals surface area contributed by atoms with E-state index < -0.39 is 18.4 Å². The molecule has 0 aromatic heterocycles. The van der Waals surface area contributed by atoms with Crippen molar-refractivity contribution in [3.8, 4) is 0 Å². The molecule has 0 N–H and O–H groups in total. The number of likely N-dealkylation sites (N-methyl/N-ethyl adjacent to an activating group) is 1. The van der Waals surface area contributed by atoms with Gasteiger partial charge in [-0.3, -0.25) is 0 Å². The maximum absolute atomic E-state index is 2.84. The number of unbranched alkanes of at least 4 members (excludes halogenated alkanes) is 3. The van der Waals surface area contributed by atoms with Crippen LogP contribution in [-0.2, 0) is 0 Å². The molecule has 0 bridgehead atoms. The zero-order valence-electron chi connectivity index (χ0n) is 16.4. The summed E-state index contributed by atoms with van der Waals surface area (Å²) in [7, 11) is 2.24. The van der Waals surface area contributed by atoms with Crippen molar-refractivity contribution in [3.63, 3.8) is 0 Å². The van der Waals surface area contributed by atoms with Crippen molar-refractivity contribution in [2.24, 2.45) is 0 Å². The molecule has 0 unspecified atom stereocenters. The Kier molecular flexibility index (Phi) is 11.9. The third-order valence-corrected chi connectivity index (χ3v) is 19.8. The van der Waals surface area contributed by atoms with Gasteiger partial charge in [-0.1, -0.05) is 0 Å². The Morgan fingerprint density at radius 2 is 1.26 bits per heavy atom. The van der Waals surface area contributed by atoms with Crippen LogP contribution in [-0.4, -0.2) is 67.9 Å². The number of hydrogen-bond acceptors (Lipinski definition) is 2. The Balaban J connectivity index is 2.61. The fourth-order valence-electron chi connectivity index (χ4n) is 3.69. The van der Waals surface area contributed by atoms with Crippen molar-refractivity contribution in [2.75, 3.05) is 39.8 Å². The van der Waals surface area contributed by atoms with Crippen LogP contribution < -0.4 is 0 Å². The second-order valence-electron chi connectivity index (χ2n) is 7.68. The molecule has 136 valence electrons. The van der Waals surface area contributed by atoms with Gasteiger partial charge in [0.1, 0.15) is 0 Å². The third-order valence-electron chi connectivity index (χ3n) is 5.52. The first-order chi connectivity index (χ1) is 11.2. The molecule has 3 heteroatoms. The topological polar surface area (TPSA) is 6.48 Å². The number of nitrogens with zero attached hydrogens (tertiary/aromatic N) is 2. The summed E-state index contributed by atoms with van der Waals surface area (Å²) in [6, 6.07) is 0. The van der Waals surface area contributed by atoms with Crippen LogP contribution >= 0.6 is 0 Å². The van der Waals surface area contributed by atoms with Crippen LogP contribution in [0.3, 0.4) is 0 Å². The van der Waals surface area contributed by atoms with E-state index in [0.29, 0.717) is 0 Å². The van der Waals surface area contributed by atoms with Crippen LogP contribution in [0.1, 0.15) is 59.3 Å². The molecule has 2 nitrogen and oxygen atoms in total. The van der Waals surface area contributed by atoms with E-state index in [1.807, 2.05) is 0 Å². The molecular weight excluding hydrogens is 387 g/mol. The molecule has 1 saturated heterocycles. The van der Waals surface area contributed by atoms with Crippen molar-refractivity contribution >= 4 is 18.4 Å². The summed E-state index contributed by atoms with van der Waals surface area (Å²) >= 11 is -2.02. The van der Waals surface area contributed by atoms with E-state index in [0.717, 1.165) is 0 Å². The van der Waals surface area contributed by atoms with Crippen LogP contribution in [0.5, 0.6) is 0 Å². The van der Waals surface area contributed by atoms with Crippen molar-refractivity contribution in [1.29, 1.82) is 0 Å². The van der Waals surface area contributed by atoms with Crippen LogP contribution in [0.25, 0.3) is 0 Å². The zero-order chi connectivity index (χ0) is 17.0. The molecule has 1 aliphatic rings. The van der Waals surface area contributed by atoms with Crippen LogP contribution in [0.2, 0.25) is 13.3 Å². The predicted molar refractivity (Wildman–Crippen MR) is 108 cm³/mol. The van der Waals surface area contributed by atoms with Gasteiger partial charge in [0, 0.05) is 0 Å². The average molecular weight is 429 g/mol. The first-order valence-electron chi connectivity index (χ1n) is 10.2. The van der Waals surface area contributed by atoms with Crippen LogP contribution in [0.15, 0.2) is 10.2 Å². The van der Waals surface area contributed by atoms with Gasteiger partial charge in [0.05, 0.1) is 0 Å². The van der Waals surface area contributed by atoms with Crippen molar-refractivity contribution < 1.29 is 0 Å². The van der Waals surface area contributed by atoms with E-state index in [1.54, 1.807) is 13.3 Å². The molecule has 0 spiro atoms. The Morgan fingerprint density at radius 3 is 1.70 bits per heavy atom. The van der Waals surface area contributed by atoms with E-state index in [2.05, 4.69) is 47.8 Å². The van der Waals surface area contributed by atoms with Crippen molar-refractivity contribution in [2.45, 2.75) is 72.6 Å². The molecule has 0 radical (unpaired) electrons. The summed E-state index contributed by atoms with van der Waals surface area (Å²) < 4.78 is 7.65. The van der Waals surface area contributed by atoms with E-state index in [4.69, 9.17) is 0 Å². The second-order valence-corrected chi connectivity index (χ2v) is 20.7. The molecule has 1 aliphatic heterocycles. The molecule has 0 atom stereocenters. The summed E-state index contributed by atoms with van der Waals surface area (Å²) in [5, 5.41) is 0. The summed E-state index contributed by atoms with van der Waals surface area (Å²) in [6.45, 7) is 13.3. The van der Waals surface area contributed by atoms with E-state index in [1.165, 1.54) is 71.2 Å². The third kappa shape index (κ3) is 8.92. The van der Waals surface area contributed by atoms with Gasteiger partial charge in [-0.05, 0) is 0 Å². The zero-order valence-corrected chi connectivity index (χ0v) is 19.3. The van der Waals surface area contributed by atoms with Gasteiger partial charge in [-0.2, -0.15) is 0 Å². The molecule has 1 rings (SSSR count). The van der Waals surface area contributed by atoms with Gasteiger partial charge in [-0.25, -0.2) is 0 Å². The van der Waals surface area contributed by atoms with E-state index in [9.17, 15) is 0 Å². The normalized spacial score (nSPS) is 18.1. The number of rotatable bonds is 12. The van der Waals surface area contributed by atoms with Gasteiger partial charge in [-0.15, -0.1) is 0 Å². The number of hydrogen-bond donors (Lipinski definition) is 0. The number of piperazine rings is 1. The van der Waals surface area contributed by atoms with E-state index >= 15 is 0 Å². The summed E-state index contributed by atoms with van der Waals surface area (Å²) in [4.78, 5) is 5.10. The standard InChI is InChI=1S/C8H15N2.3C4H9.Sn/c1-3-4-10-7-5-9(2)6-8-10;3*1-3-4-2;/h1,3H,4-8H2,2H3;3*1,3-4H2,2H3;. The average Bonchev–Trinajstić information content (AvgIpc) is 2.57. The van der Waals surface area contributed by atoms with Gasteiger partial charge in [0.2, 0.25) is 0 Å². The Bertz CT molecular complexity index is 287. The van der Waals surface area contributed by atoms with Crippen molar-refractivity contribution in [1.82, 2.24) is 9.80 Å². The summed E-state index contributed by atoms with van der Waals surface area (Å²) in [5.41, 5.74) is 0. The maximum atomic E-state index is 2.84. The molecule has 1 fully saturated rings. The molecule has 1 heterocycles. The van der Waals surface area contributed by atoms with Crippen LogP contribution in [0, 0.1) is 0 Å². The monoisotopic (exact) mass is 430 g/mol. The molecule has 0 aromatic rings. The quantitative estimate of drug-likeness (QED) is 0.395. The van der Waals surface area contributed by atoms with Crippen molar-refractivity contribution in [3.05, 3.63) is 10.2 Å². The Hall–Kier alpha value is 0.459. The van der Waals surface area contributed by atoms with E-state index in [-0.39, 0.29) is 0 Å². The van der Waals surface area contributed by atoms with Crippen LogP contribution in [0.4, 0.5) is 0 Å². The summed E-state index contributed by atoms with van der Waals surface area (Å²) in [6.07, 6.45) is 11.2.